The number of hydrogen-bond acceptors (Lipinski definition) is 3. The zero-order chi connectivity index (χ0) is 17.2. The van der Waals surface area contributed by atoms with Gasteiger partial charge in [-0.3, -0.25) is 4.79 Å². The summed E-state index contributed by atoms with van der Waals surface area (Å²) in [5.74, 6) is 0.231. The van der Waals surface area contributed by atoms with Gasteiger partial charge >= 0.3 is 0 Å². The highest BCUT2D eigenvalue weighted by molar-refractivity contribution is 9.10. The molecule has 2 aromatic rings. The highest BCUT2D eigenvalue weighted by Crippen LogP contribution is 2.28. The summed E-state index contributed by atoms with van der Waals surface area (Å²) in [5.41, 5.74) is 1.07. The van der Waals surface area contributed by atoms with Gasteiger partial charge in [-0.1, -0.05) is 15.9 Å². The highest BCUT2D eigenvalue weighted by atomic mass is 79.9. The van der Waals surface area contributed by atoms with E-state index in [1.165, 1.54) is 12.1 Å². The van der Waals surface area contributed by atoms with Crippen molar-refractivity contribution in [1.29, 1.82) is 0 Å². The van der Waals surface area contributed by atoms with Crippen LogP contribution in [-0.2, 0) is 10.0 Å². The van der Waals surface area contributed by atoms with Gasteiger partial charge in [-0.05, 0) is 67.3 Å². The van der Waals surface area contributed by atoms with Gasteiger partial charge in [0.1, 0.15) is 0 Å². The minimum absolute atomic E-state index is 0.199. The zero-order valence-corrected chi connectivity index (χ0v) is 15.2. The Kier molecular flexibility index (Phi) is 5.03. The summed E-state index contributed by atoms with van der Waals surface area (Å²) in [7, 11) is -3.49. The third-order valence-electron chi connectivity index (χ3n) is 3.79. The van der Waals surface area contributed by atoms with Crippen molar-refractivity contribution in [2.45, 2.75) is 17.7 Å². The lowest BCUT2D eigenvalue weighted by atomic mass is 10.2. The normalized spacial score (nSPS) is 14.4. The fraction of sp³-hybridized carbons (Fsp3) is 0.235. The Labute approximate surface area is 149 Å². The monoisotopic (exact) mass is 408 g/mol. The van der Waals surface area contributed by atoms with E-state index in [2.05, 4.69) is 26.0 Å². The Morgan fingerprint density at radius 3 is 2.25 bits per heavy atom. The van der Waals surface area contributed by atoms with Gasteiger partial charge in [0.05, 0.1) is 4.90 Å². The van der Waals surface area contributed by atoms with Crippen molar-refractivity contribution in [2.24, 2.45) is 5.92 Å². The van der Waals surface area contributed by atoms with Crippen molar-refractivity contribution in [3.8, 4) is 0 Å². The SMILES string of the molecule is O=C(Nc1ccc(S(=O)(=O)NCC2CC2)cc1)c1ccc(Br)cc1. The lowest BCUT2D eigenvalue weighted by molar-refractivity contribution is 0.102. The Bertz CT molecular complexity index is 829. The first-order valence-corrected chi connectivity index (χ1v) is 9.88. The van der Waals surface area contributed by atoms with Crippen LogP contribution in [0.1, 0.15) is 23.2 Å². The number of halogens is 1. The fourth-order valence-electron chi connectivity index (χ4n) is 2.15. The van der Waals surface area contributed by atoms with Crippen LogP contribution in [0.4, 0.5) is 5.69 Å². The molecule has 7 heteroatoms. The Morgan fingerprint density at radius 1 is 1.04 bits per heavy atom. The summed E-state index contributed by atoms with van der Waals surface area (Å²) in [5, 5.41) is 2.75. The van der Waals surface area contributed by atoms with E-state index in [-0.39, 0.29) is 10.8 Å². The van der Waals surface area contributed by atoms with E-state index >= 15 is 0 Å². The molecular weight excluding hydrogens is 392 g/mol. The van der Waals surface area contributed by atoms with Crippen molar-refractivity contribution in [3.05, 3.63) is 58.6 Å². The molecule has 0 bridgehead atoms. The molecule has 1 fully saturated rings. The second kappa shape index (κ2) is 7.04. The average molecular weight is 409 g/mol. The van der Waals surface area contributed by atoms with Gasteiger partial charge in [0.2, 0.25) is 10.0 Å². The maximum Gasteiger partial charge on any atom is 0.255 e. The Morgan fingerprint density at radius 2 is 1.67 bits per heavy atom. The van der Waals surface area contributed by atoms with E-state index in [1.807, 2.05) is 0 Å². The number of sulfonamides is 1. The number of anilines is 1. The molecule has 0 radical (unpaired) electrons. The summed E-state index contributed by atoms with van der Waals surface area (Å²) in [4.78, 5) is 12.3. The van der Waals surface area contributed by atoms with Crippen molar-refractivity contribution in [1.82, 2.24) is 4.72 Å². The number of rotatable bonds is 6. The Balaban J connectivity index is 1.65. The van der Waals surface area contributed by atoms with Crippen molar-refractivity contribution in [2.75, 3.05) is 11.9 Å². The van der Waals surface area contributed by atoms with Crippen molar-refractivity contribution < 1.29 is 13.2 Å². The van der Waals surface area contributed by atoms with Gasteiger partial charge in [0, 0.05) is 22.3 Å². The molecule has 24 heavy (non-hydrogen) atoms. The number of carbonyl (C=O) groups is 1. The molecule has 0 atom stereocenters. The quantitative estimate of drug-likeness (QED) is 0.768. The number of hydrogen-bond donors (Lipinski definition) is 2. The highest BCUT2D eigenvalue weighted by Gasteiger charge is 2.24. The van der Waals surface area contributed by atoms with E-state index in [0.717, 1.165) is 17.3 Å². The molecule has 126 valence electrons. The lowest BCUT2D eigenvalue weighted by Crippen LogP contribution is -2.25. The van der Waals surface area contributed by atoms with Gasteiger partial charge < -0.3 is 5.32 Å². The summed E-state index contributed by atoms with van der Waals surface area (Å²) in [6, 6.07) is 13.1. The van der Waals surface area contributed by atoms with Crippen molar-refractivity contribution in [3.63, 3.8) is 0 Å². The standard InChI is InChI=1S/C17H17BrN2O3S/c18-14-5-3-13(4-6-14)17(21)20-15-7-9-16(10-8-15)24(22,23)19-11-12-1-2-12/h3-10,12,19H,1-2,11H2,(H,20,21). The first-order valence-electron chi connectivity index (χ1n) is 7.61. The van der Waals surface area contributed by atoms with Crippen LogP contribution in [0.5, 0.6) is 0 Å². The minimum atomic E-state index is -3.49. The molecule has 0 unspecified atom stereocenters. The minimum Gasteiger partial charge on any atom is -0.322 e. The van der Waals surface area contributed by atoms with Crippen LogP contribution in [0.25, 0.3) is 0 Å². The first kappa shape index (κ1) is 17.1. The van der Waals surface area contributed by atoms with E-state index in [0.29, 0.717) is 23.7 Å². The molecule has 2 aromatic carbocycles. The molecule has 0 aliphatic heterocycles. The van der Waals surface area contributed by atoms with E-state index in [4.69, 9.17) is 0 Å². The zero-order valence-electron chi connectivity index (χ0n) is 12.8. The maximum atomic E-state index is 12.1. The summed E-state index contributed by atoms with van der Waals surface area (Å²) >= 11 is 3.32. The largest absolute Gasteiger partial charge is 0.322 e. The van der Waals surface area contributed by atoms with Gasteiger partial charge in [0.25, 0.3) is 5.91 Å². The predicted molar refractivity (Wildman–Crippen MR) is 96.4 cm³/mol. The molecule has 0 saturated heterocycles. The lowest BCUT2D eigenvalue weighted by Gasteiger charge is -2.08. The van der Waals surface area contributed by atoms with Crippen LogP contribution >= 0.6 is 15.9 Å². The number of benzene rings is 2. The van der Waals surface area contributed by atoms with E-state index in [9.17, 15) is 13.2 Å². The third kappa shape index (κ3) is 4.43. The molecule has 5 nitrogen and oxygen atoms in total. The first-order chi connectivity index (χ1) is 11.4. The van der Waals surface area contributed by atoms with Gasteiger partial charge in [0.15, 0.2) is 0 Å². The molecule has 3 rings (SSSR count). The molecule has 1 aliphatic rings. The van der Waals surface area contributed by atoms with Crippen LogP contribution < -0.4 is 10.0 Å². The molecule has 1 saturated carbocycles. The average Bonchev–Trinajstić information content (AvgIpc) is 3.38. The summed E-state index contributed by atoms with van der Waals surface area (Å²) in [6.45, 7) is 0.490. The number of amides is 1. The molecule has 0 heterocycles. The molecule has 1 aliphatic carbocycles. The van der Waals surface area contributed by atoms with Gasteiger partial charge in [-0.15, -0.1) is 0 Å². The molecule has 2 N–H and O–H groups in total. The maximum absolute atomic E-state index is 12.1. The van der Waals surface area contributed by atoms with Crippen LogP contribution in [0.15, 0.2) is 57.9 Å². The second-order valence-electron chi connectivity index (χ2n) is 5.78. The van der Waals surface area contributed by atoms with Gasteiger partial charge in [-0.25, -0.2) is 13.1 Å². The van der Waals surface area contributed by atoms with Crippen LogP contribution in [0, 0.1) is 5.92 Å². The summed E-state index contributed by atoms with van der Waals surface area (Å²) < 4.78 is 27.8. The summed E-state index contributed by atoms with van der Waals surface area (Å²) in [6.07, 6.45) is 2.17. The van der Waals surface area contributed by atoms with Crippen LogP contribution in [0.3, 0.4) is 0 Å². The van der Waals surface area contributed by atoms with Gasteiger partial charge in [-0.2, -0.15) is 0 Å². The predicted octanol–water partition coefficient (Wildman–Crippen LogP) is 3.39. The Hall–Kier alpha value is -1.70. The van der Waals surface area contributed by atoms with E-state index in [1.54, 1.807) is 36.4 Å². The van der Waals surface area contributed by atoms with E-state index < -0.39 is 10.0 Å². The fourth-order valence-corrected chi connectivity index (χ4v) is 3.54. The number of carbonyl (C=O) groups excluding carboxylic acids is 1. The molecular formula is C17H17BrN2O3S. The third-order valence-corrected chi connectivity index (χ3v) is 5.76. The molecule has 1 amide bonds. The molecule has 0 spiro atoms. The second-order valence-corrected chi connectivity index (χ2v) is 8.46. The van der Waals surface area contributed by atoms with Crippen LogP contribution in [-0.4, -0.2) is 20.9 Å². The molecule has 0 aromatic heterocycles. The topological polar surface area (TPSA) is 75.3 Å². The number of nitrogens with one attached hydrogen (secondary N) is 2. The smallest absolute Gasteiger partial charge is 0.255 e. The van der Waals surface area contributed by atoms with Crippen LogP contribution in [0.2, 0.25) is 0 Å². The van der Waals surface area contributed by atoms with Crippen molar-refractivity contribution >= 4 is 37.5 Å².